The molecule has 2 aromatic carbocycles. The van der Waals surface area contributed by atoms with Crippen LogP contribution in [0.4, 0.5) is 0 Å². The average molecular weight is 362 g/mol. The SMILES string of the molecule is COc1cc(COc2cccc(CCS)c2C(=O)O)ccc1C(=O)O. The van der Waals surface area contributed by atoms with Gasteiger partial charge in [-0.15, -0.1) is 0 Å². The number of methoxy groups -OCH3 is 1. The van der Waals surface area contributed by atoms with Crippen molar-refractivity contribution in [3.63, 3.8) is 0 Å². The molecule has 0 saturated heterocycles. The summed E-state index contributed by atoms with van der Waals surface area (Å²) in [5.74, 6) is -1.15. The van der Waals surface area contributed by atoms with Gasteiger partial charge < -0.3 is 19.7 Å². The van der Waals surface area contributed by atoms with Crippen LogP contribution in [0.1, 0.15) is 31.8 Å². The quantitative estimate of drug-likeness (QED) is 0.625. The Bertz CT molecular complexity index is 787. The largest absolute Gasteiger partial charge is 0.496 e. The molecule has 0 heterocycles. The molecule has 25 heavy (non-hydrogen) atoms. The summed E-state index contributed by atoms with van der Waals surface area (Å²) in [5.41, 5.74) is 1.48. The van der Waals surface area contributed by atoms with Crippen LogP contribution in [-0.4, -0.2) is 35.0 Å². The van der Waals surface area contributed by atoms with Gasteiger partial charge in [0.2, 0.25) is 0 Å². The van der Waals surface area contributed by atoms with E-state index in [1.165, 1.54) is 13.2 Å². The van der Waals surface area contributed by atoms with Crippen molar-refractivity contribution in [3.8, 4) is 11.5 Å². The standard InChI is InChI=1S/C18H18O6S/c1-23-15-9-11(5-6-13(15)17(19)20)10-24-14-4-2-3-12(7-8-25)16(14)18(21)22/h2-6,9,25H,7-8,10H2,1H3,(H,19,20)(H,21,22). The highest BCUT2D eigenvalue weighted by molar-refractivity contribution is 7.80. The molecule has 0 aliphatic heterocycles. The molecule has 0 aromatic heterocycles. The minimum atomic E-state index is -1.09. The molecule has 7 heteroatoms. The van der Waals surface area contributed by atoms with E-state index in [0.29, 0.717) is 23.3 Å². The minimum Gasteiger partial charge on any atom is -0.496 e. The lowest BCUT2D eigenvalue weighted by molar-refractivity contribution is 0.0680. The van der Waals surface area contributed by atoms with Gasteiger partial charge in [0, 0.05) is 0 Å². The van der Waals surface area contributed by atoms with Gasteiger partial charge in [-0.05, 0) is 41.5 Å². The highest BCUT2D eigenvalue weighted by Gasteiger charge is 2.17. The van der Waals surface area contributed by atoms with Crippen LogP contribution in [0, 0.1) is 0 Å². The Morgan fingerprint density at radius 3 is 2.44 bits per heavy atom. The maximum absolute atomic E-state index is 11.6. The fraction of sp³-hybridized carbons (Fsp3) is 0.222. The lowest BCUT2D eigenvalue weighted by Gasteiger charge is -2.13. The molecular weight excluding hydrogens is 344 g/mol. The second-order valence-electron chi connectivity index (χ2n) is 5.20. The minimum absolute atomic E-state index is 0.0493. The number of rotatable bonds is 8. The van der Waals surface area contributed by atoms with Gasteiger partial charge in [0.25, 0.3) is 0 Å². The van der Waals surface area contributed by atoms with E-state index in [1.807, 2.05) is 0 Å². The molecule has 132 valence electrons. The maximum Gasteiger partial charge on any atom is 0.339 e. The van der Waals surface area contributed by atoms with Gasteiger partial charge in [0.05, 0.1) is 7.11 Å². The Balaban J connectivity index is 2.25. The van der Waals surface area contributed by atoms with Crippen LogP contribution in [-0.2, 0) is 13.0 Å². The molecule has 6 nitrogen and oxygen atoms in total. The topological polar surface area (TPSA) is 93.1 Å². The van der Waals surface area contributed by atoms with Crippen LogP contribution in [0.15, 0.2) is 36.4 Å². The Morgan fingerprint density at radius 2 is 1.84 bits per heavy atom. The summed E-state index contributed by atoms with van der Waals surface area (Å²) >= 11 is 4.14. The van der Waals surface area contributed by atoms with Gasteiger partial charge in [-0.2, -0.15) is 12.6 Å². The Morgan fingerprint density at radius 1 is 1.08 bits per heavy atom. The van der Waals surface area contributed by atoms with Crippen molar-refractivity contribution in [1.82, 2.24) is 0 Å². The summed E-state index contributed by atoms with van der Waals surface area (Å²) in [4.78, 5) is 22.7. The van der Waals surface area contributed by atoms with Crippen LogP contribution in [0.3, 0.4) is 0 Å². The summed E-state index contributed by atoms with van der Waals surface area (Å²) in [6.45, 7) is 0.0842. The zero-order chi connectivity index (χ0) is 18.4. The van der Waals surface area contributed by atoms with E-state index >= 15 is 0 Å². The monoisotopic (exact) mass is 362 g/mol. The van der Waals surface area contributed by atoms with E-state index in [2.05, 4.69) is 12.6 Å². The maximum atomic E-state index is 11.6. The third-order valence-electron chi connectivity index (χ3n) is 3.60. The van der Waals surface area contributed by atoms with E-state index in [-0.39, 0.29) is 29.2 Å². The van der Waals surface area contributed by atoms with E-state index < -0.39 is 11.9 Å². The van der Waals surface area contributed by atoms with Crippen molar-refractivity contribution in [2.45, 2.75) is 13.0 Å². The number of ether oxygens (including phenoxy) is 2. The fourth-order valence-corrected chi connectivity index (χ4v) is 2.67. The predicted octanol–water partition coefficient (Wildman–Crippen LogP) is 3.14. The second kappa shape index (κ2) is 8.43. The van der Waals surface area contributed by atoms with Gasteiger partial charge in [0.15, 0.2) is 0 Å². The summed E-state index contributed by atoms with van der Waals surface area (Å²) in [7, 11) is 1.38. The molecule has 0 unspecified atom stereocenters. The first-order chi connectivity index (χ1) is 12.0. The molecule has 0 aliphatic carbocycles. The highest BCUT2D eigenvalue weighted by atomic mass is 32.1. The third-order valence-corrected chi connectivity index (χ3v) is 3.82. The number of aryl methyl sites for hydroxylation is 1. The molecule has 2 rings (SSSR count). The summed E-state index contributed by atoms with van der Waals surface area (Å²) in [5, 5.41) is 18.6. The zero-order valence-electron chi connectivity index (χ0n) is 13.6. The first-order valence-electron chi connectivity index (χ1n) is 7.47. The Kier molecular flexibility index (Phi) is 6.30. The number of benzene rings is 2. The first-order valence-corrected chi connectivity index (χ1v) is 8.10. The second-order valence-corrected chi connectivity index (χ2v) is 5.64. The molecule has 0 fully saturated rings. The average Bonchev–Trinajstić information content (AvgIpc) is 2.59. The van der Waals surface area contributed by atoms with Crippen molar-refractivity contribution in [3.05, 3.63) is 58.7 Å². The van der Waals surface area contributed by atoms with Crippen LogP contribution in [0.5, 0.6) is 11.5 Å². The first kappa shape index (κ1) is 18.7. The number of thiol groups is 1. The number of carboxylic acid groups (broad SMARTS) is 2. The number of hydrogen-bond acceptors (Lipinski definition) is 5. The fourth-order valence-electron chi connectivity index (χ4n) is 2.43. The number of aromatic carboxylic acids is 2. The van der Waals surface area contributed by atoms with E-state index in [9.17, 15) is 14.7 Å². The van der Waals surface area contributed by atoms with Gasteiger partial charge in [0.1, 0.15) is 29.2 Å². The molecule has 0 aliphatic rings. The van der Waals surface area contributed by atoms with Crippen molar-refractivity contribution in [1.29, 1.82) is 0 Å². The van der Waals surface area contributed by atoms with E-state index in [4.69, 9.17) is 14.6 Å². The number of hydrogen-bond donors (Lipinski definition) is 3. The highest BCUT2D eigenvalue weighted by Crippen LogP contribution is 2.26. The van der Waals surface area contributed by atoms with Gasteiger partial charge in [-0.1, -0.05) is 18.2 Å². The van der Waals surface area contributed by atoms with Crippen LogP contribution < -0.4 is 9.47 Å². The Hall–Kier alpha value is -2.67. The van der Waals surface area contributed by atoms with Gasteiger partial charge in [-0.25, -0.2) is 9.59 Å². The zero-order valence-corrected chi connectivity index (χ0v) is 14.5. The third kappa shape index (κ3) is 4.45. The summed E-state index contributed by atoms with van der Waals surface area (Å²) < 4.78 is 10.7. The Labute approximate surface area is 150 Å². The summed E-state index contributed by atoms with van der Waals surface area (Å²) in [6.07, 6.45) is 0.517. The van der Waals surface area contributed by atoms with Gasteiger partial charge in [-0.3, -0.25) is 0 Å². The smallest absolute Gasteiger partial charge is 0.339 e. The molecule has 0 saturated carbocycles. The van der Waals surface area contributed by atoms with Crippen LogP contribution >= 0.6 is 12.6 Å². The van der Waals surface area contributed by atoms with Crippen molar-refractivity contribution >= 4 is 24.6 Å². The van der Waals surface area contributed by atoms with Crippen LogP contribution in [0.2, 0.25) is 0 Å². The van der Waals surface area contributed by atoms with Crippen LogP contribution in [0.25, 0.3) is 0 Å². The van der Waals surface area contributed by atoms with Crippen molar-refractivity contribution in [2.24, 2.45) is 0 Å². The van der Waals surface area contributed by atoms with E-state index in [0.717, 1.165) is 0 Å². The molecule has 0 amide bonds. The lowest BCUT2D eigenvalue weighted by Crippen LogP contribution is -2.08. The summed E-state index contributed by atoms with van der Waals surface area (Å²) in [6, 6.07) is 9.64. The molecule has 0 atom stereocenters. The molecule has 0 bridgehead atoms. The molecule has 2 N–H and O–H groups in total. The van der Waals surface area contributed by atoms with Gasteiger partial charge >= 0.3 is 11.9 Å². The predicted molar refractivity (Wildman–Crippen MR) is 95.2 cm³/mol. The van der Waals surface area contributed by atoms with Crippen molar-refractivity contribution < 1.29 is 29.3 Å². The molecule has 0 spiro atoms. The van der Waals surface area contributed by atoms with E-state index in [1.54, 1.807) is 30.3 Å². The molecule has 2 aromatic rings. The number of carbonyl (C=O) groups is 2. The lowest BCUT2D eigenvalue weighted by atomic mass is 10.0. The van der Waals surface area contributed by atoms with Crippen molar-refractivity contribution in [2.75, 3.05) is 12.9 Å². The molecular formula is C18H18O6S. The normalized spacial score (nSPS) is 10.3. The number of carboxylic acids is 2. The molecule has 0 radical (unpaired) electrons.